The molecule has 0 amide bonds. The smallest absolute Gasteiger partial charge is 0.0695 e. The van der Waals surface area contributed by atoms with Crippen molar-refractivity contribution in [2.75, 3.05) is 5.75 Å². The highest BCUT2D eigenvalue weighted by molar-refractivity contribution is 7.99. The Hall–Kier alpha value is -0.940. The van der Waals surface area contributed by atoms with Crippen molar-refractivity contribution in [1.82, 2.24) is 0 Å². The second-order valence-corrected chi connectivity index (χ2v) is 4.68. The predicted octanol–water partition coefficient (Wildman–Crippen LogP) is 3.72. The van der Waals surface area contributed by atoms with E-state index in [0.717, 1.165) is 12.2 Å². The molecule has 0 saturated carbocycles. The number of nitrogens with zero attached hydrogens (tertiary/aromatic N) is 1. The predicted molar refractivity (Wildman–Crippen MR) is 61.2 cm³/mol. The van der Waals surface area contributed by atoms with Crippen molar-refractivity contribution < 1.29 is 0 Å². The maximum absolute atomic E-state index is 9.00. The summed E-state index contributed by atoms with van der Waals surface area (Å²) in [7, 11) is 0. The molecule has 1 nitrogen and oxygen atoms in total. The molecule has 0 N–H and O–H groups in total. The number of nitriles is 1. The molecule has 2 heteroatoms. The van der Waals surface area contributed by atoms with Crippen LogP contribution in [-0.4, -0.2) is 5.75 Å². The third-order valence-corrected chi connectivity index (χ3v) is 3.74. The van der Waals surface area contributed by atoms with Gasteiger partial charge in [0.1, 0.15) is 0 Å². The van der Waals surface area contributed by atoms with Gasteiger partial charge in [-0.05, 0) is 25.5 Å². The van der Waals surface area contributed by atoms with Crippen LogP contribution in [0.5, 0.6) is 0 Å². The molecule has 0 aliphatic carbocycles. The SMILES string of the molecule is CCC(C)(C#N)CSc1ccccc1. The van der Waals surface area contributed by atoms with Gasteiger partial charge in [0.25, 0.3) is 0 Å². The summed E-state index contributed by atoms with van der Waals surface area (Å²) < 4.78 is 0. The van der Waals surface area contributed by atoms with Gasteiger partial charge in [-0.3, -0.25) is 0 Å². The first kappa shape index (κ1) is 11.1. The van der Waals surface area contributed by atoms with Crippen molar-refractivity contribution in [3.8, 4) is 6.07 Å². The largest absolute Gasteiger partial charge is 0.198 e. The lowest BCUT2D eigenvalue weighted by Gasteiger charge is -2.18. The molecule has 0 aliphatic rings. The van der Waals surface area contributed by atoms with Gasteiger partial charge in [0.15, 0.2) is 0 Å². The van der Waals surface area contributed by atoms with Crippen molar-refractivity contribution in [2.24, 2.45) is 5.41 Å². The van der Waals surface area contributed by atoms with Crippen LogP contribution < -0.4 is 0 Å². The molecule has 0 radical (unpaired) electrons. The normalized spacial score (nSPS) is 14.4. The van der Waals surface area contributed by atoms with Crippen molar-refractivity contribution >= 4 is 11.8 Å². The van der Waals surface area contributed by atoms with Crippen LogP contribution in [0.3, 0.4) is 0 Å². The van der Waals surface area contributed by atoms with E-state index in [1.807, 2.05) is 25.1 Å². The average molecular weight is 205 g/mol. The standard InChI is InChI=1S/C12H15NS/c1-3-12(2,9-13)10-14-11-7-5-4-6-8-11/h4-8H,3,10H2,1-2H3. The zero-order valence-electron chi connectivity index (χ0n) is 8.66. The Balaban J connectivity index is 2.53. The van der Waals surface area contributed by atoms with Crippen LogP contribution in [0.2, 0.25) is 0 Å². The maximum atomic E-state index is 9.00. The Bertz CT molecular complexity index is 315. The third-order valence-electron chi connectivity index (χ3n) is 2.35. The van der Waals surface area contributed by atoms with Crippen LogP contribution in [0.25, 0.3) is 0 Å². The highest BCUT2D eigenvalue weighted by Crippen LogP contribution is 2.29. The Kier molecular flexibility index (Phi) is 4.03. The van der Waals surface area contributed by atoms with Gasteiger partial charge in [-0.2, -0.15) is 5.26 Å². The summed E-state index contributed by atoms with van der Waals surface area (Å²) in [6, 6.07) is 12.6. The van der Waals surface area contributed by atoms with Crippen molar-refractivity contribution in [3.63, 3.8) is 0 Å². The van der Waals surface area contributed by atoms with Crippen molar-refractivity contribution in [3.05, 3.63) is 30.3 Å². The maximum Gasteiger partial charge on any atom is 0.0695 e. The average Bonchev–Trinajstić information content (AvgIpc) is 2.27. The first-order valence-electron chi connectivity index (χ1n) is 4.79. The minimum atomic E-state index is -0.194. The molecule has 1 aromatic carbocycles. The van der Waals surface area contributed by atoms with Crippen LogP contribution in [0, 0.1) is 16.7 Å². The topological polar surface area (TPSA) is 23.8 Å². The van der Waals surface area contributed by atoms with E-state index in [4.69, 9.17) is 5.26 Å². The van der Waals surface area contributed by atoms with Gasteiger partial charge in [-0.1, -0.05) is 25.1 Å². The molecule has 1 rings (SSSR count). The number of hydrogen-bond donors (Lipinski definition) is 0. The molecule has 14 heavy (non-hydrogen) atoms. The van der Waals surface area contributed by atoms with Gasteiger partial charge < -0.3 is 0 Å². The molecular formula is C12H15NS. The highest BCUT2D eigenvalue weighted by atomic mass is 32.2. The fourth-order valence-corrected chi connectivity index (χ4v) is 2.08. The molecular weight excluding hydrogens is 190 g/mol. The van der Waals surface area contributed by atoms with E-state index < -0.39 is 0 Å². The molecule has 0 bridgehead atoms. The number of benzene rings is 1. The highest BCUT2D eigenvalue weighted by Gasteiger charge is 2.21. The van der Waals surface area contributed by atoms with Gasteiger partial charge in [0.05, 0.1) is 11.5 Å². The molecule has 0 saturated heterocycles. The molecule has 0 heterocycles. The number of thioether (sulfide) groups is 1. The van der Waals surface area contributed by atoms with E-state index in [1.54, 1.807) is 11.8 Å². The summed E-state index contributed by atoms with van der Waals surface area (Å²) >= 11 is 1.75. The molecule has 1 atom stereocenters. The minimum absolute atomic E-state index is 0.194. The number of rotatable bonds is 4. The Labute approximate surface area is 90.1 Å². The lowest BCUT2D eigenvalue weighted by atomic mass is 9.92. The lowest BCUT2D eigenvalue weighted by Crippen LogP contribution is -2.15. The molecule has 1 aromatic rings. The summed E-state index contributed by atoms with van der Waals surface area (Å²) in [4.78, 5) is 1.24. The van der Waals surface area contributed by atoms with E-state index in [9.17, 15) is 0 Å². The van der Waals surface area contributed by atoms with E-state index in [2.05, 4.69) is 25.1 Å². The fraction of sp³-hybridized carbons (Fsp3) is 0.417. The number of hydrogen-bond acceptors (Lipinski definition) is 2. The van der Waals surface area contributed by atoms with Crippen LogP contribution in [0.15, 0.2) is 35.2 Å². The summed E-state index contributed by atoms with van der Waals surface area (Å²) in [6.45, 7) is 4.08. The summed E-state index contributed by atoms with van der Waals surface area (Å²) in [5, 5.41) is 9.00. The molecule has 1 unspecified atom stereocenters. The monoisotopic (exact) mass is 205 g/mol. The molecule has 0 aliphatic heterocycles. The Morgan fingerprint density at radius 2 is 2.00 bits per heavy atom. The van der Waals surface area contributed by atoms with Crippen LogP contribution >= 0.6 is 11.8 Å². The lowest BCUT2D eigenvalue weighted by molar-refractivity contribution is 0.488. The van der Waals surface area contributed by atoms with Gasteiger partial charge in [-0.25, -0.2) is 0 Å². The van der Waals surface area contributed by atoms with E-state index in [1.165, 1.54) is 4.90 Å². The van der Waals surface area contributed by atoms with Gasteiger partial charge in [0, 0.05) is 10.6 Å². The quantitative estimate of drug-likeness (QED) is 0.699. The van der Waals surface area contributed by atoms with Crippen LogP contribution in [0.1, 0.15) is 20.3 Å². The van der Waals surface area contributed by atoms with Gasteiger partial charge in [-0.15, -0.1) is 11.8 Å². The first-order chi connectivity index (χ1) is 6.70. The molecule has 0 aromatic heterocycles. The Morgan fingerprint density at radius 1 is 1.36 bits per heavy atom. The Morgan fingerprint density at radius 3 is 2.50 bits per heavy atom. The van der Waals surface area contributed by atoms with Crippen molar-refractivity contribution in [2.45, 2.75) is 25.2 Å². The van der Waals surface area contributed by atoms with Crippen LogP contribution in [-0.2, 0) is 0 Å². The molecule has 0 fully saturated rings. The fourth-order valence-electron chi connectivity index (χ4n) is 0.973. The summed E-state index contributed by atoms with van der Waals surface area (Å²) in [5.41, 5.74) is -0.194. The van der Waals surface area contributed by atoms with Gasteiger partial charge >= 0.3 is 0 Å². The van der Waals surface area contributed by atoms with E-state index in [-0.39, 0.29) is 5.41 Å². The minimum Gasteiger partial charge on any atom is -0.198 e. The molecule has 74 valence electrons. The van der Waals surface area contributed by atoms with E-state index >= 15 is 0 Å². The zero-order valence-corrected chi connectivity index (χ0v) is 9.47. The zero-order chi connectivity index (χ0) is 10.4. The summed E-state index contributed by atoms with van der Waals surface area (Å²) in [6.07, 6.45) is 0.906. The van der Waals surface area contributed by atoms with Gasteiger partial charge in [0.2, 0.25) is 0 Å². The van der Waals surface area contributed by atoms with Crippen molar-refractivity contribution in [1.29, 1.82) is 5.26 Å². The second kappa shape index (κ2) is 5.07. The molecule has 0 spiro atoms. The third kappa shape index (κ3) is 3.08. The first-order valence-corrected chi connectivity index (χ1v) is 5.78. The summed E-state index contributed by atoms with van der Waals surface area (Å²) in [5.74, 6) is 0.865. The van der Waals surface area contributed by atoms with Crippen LogP contribution in [0.4, 0.5) is 0 Å². The second-order valence-electron chi connectivity index (χ2n) is 3.63. The van der Waals surface area contributed by atoms with E-state index in [0.29, 0.717) is 0 Å².